The number of carbonyl (C=O) groups excluding carboxylic acids is 2. The van der Waals surface area contributed by atoms with Gasteiger partial charge in [-0.3, -0.25) is 0 Å². The molecular weight excluding hydrogens is 248 g/mol. The molecule has 8 heteroatoms. The Labute approximate surface area is 104 Å². The highest BCUT2D eigenvalue weighted by atomic mass is 16.6. The van der Waals surface area contributed by atoms with Gasteiger partial charge in [0.2, 0.25) is 0 Å². The second-order valence-electron chi connectivity index (χ2n) is 3.44. The predicted molar refractivity (Wildman–Crippen MR) is 57.3 cm³/mol. The van der Waals surface area contributed by atoms with Crippen molar-refractivity contribution in [3.63, 3.8) is 0 Å². The molecule has 4 N–H and O–H groups in total. The Balaban J connectivity index is 3.47. The van der Waals surface area contributed by atoms with Gasteiger partial charge in [-0.05, 0) is 12.8 Å². The molecule has 2 atom stereocenters. The van der Waals surface area contributed by atoms with E-state index in [0.29, 0.717) is 12.8 Å². The van der Waals surface area contributed by atoms with Crippen LogP contribution in [0.3, 0.4) is 0 Å². The van der Waals surface area contributed by atoms with Crippen LogP contribution in [0.4, 0.5) is 0 Å². The summed E-state index contributed by atoms with van der Waals surface area (Å²) < 4.78 is 9.18. The van der Waals surface area contributed by atoms with Crippen molar-refractivity contribution in [3.05, 3.63) is 0 Å². The number of aliphatic hydroxyl groups excluding tert-OH is 4. The quantitative estimate of drug-likeness (QED) is 0.267. The molecule has 0 radical (unpaired) electrons. The Morgan fingerprint density at radius 3 is 1.44 bits per heavy atom. The Hall–Kier alpha value is -1.22. The molecule has 0 saturated heterocycles. The maximum Gasteiger partial charge on any atom is 0.337 e. The lowest BCUT2D eigenvalue weighted by atomic mass is 10.3. The third-order valence-electron chi connectivity index (χ3n) is 1.92. The molecule has 0 rings (SSSR count). The minimum atomic E-state index is -1.54. The third-order valence-corrected chi connectivity index (χ3v) is 1.92. The van der Waals surface area contributed by atoms with Gasteiger partial charge in [0.25, 0.3) is 0 Å². The van der Waals surface area contributed by atoms with Crippen LogP contribution in [0.15, 0.2) is 0 Å². The van der Waals surface area contributed by atoms with Crippen LogP contribution in [-0.4, -0.2) is 71.0 Å². The van der Waals surface area contributed by atoms with Crippen LogP contribution in [0, 0.1) is 0 Å². The highest BCUT2D eigenvalue weighted by molar-refractivity contribution is 5.74. The minimum absolute atomic E-state index is 0.0238. The molecule has 2 unspecified atom stereocenters. The number of unbranched alkanes of at least 4 members (excludes halogenated alkanes) is 1. The highest BCUT2D eigenvalue weighted by Crippen LogP contribution is 1.96. The Bertz CT molecular complexity index is 228. The second-order valence-corrected chi connectivity index (χ2v) is 3.44. The largest absolute Gasteiger partial charge is 0.464 e. The molecule has 0 amide bonds. The molecule has 106 valence electrons. The van der Waals surface area contributed by atoms with Crippen LogP contribution in [0.25, 0.3) is 0 Å². The molecule has 0 bridgehead atoms. The van der Waals surface area contributed by atoms with E-state index >= 15 is 0 Å². The maximum atomic E-state index is 10.9. The summed E-state index contributed by atoms with van der Waals surface area (Å²) in [6.07, 6.45) is -2.29. The lowest BCUT2D eigenvalue weighted by molar-refractivity contribution is -0.157. The van der Waals surface area contributed by atoms with Crippen molar-refractivity contribution in [2.24, 2.45) is 0 Å². The number of carbonyl (C=O) groups is 2. The fourth-order valence-corrected chi connectivity index (χ4v) is 0.891. The summed E-state index contributed by atoms with van der Waals surface area (Å²) in [6, 6.07) is 0. The SMILES string of the molecule is O=C(OCCCCOC(=O)C(O)CO)C(O)CO. The van der Waals surface area contributed by atoms with Crippen molar-refractivity contribution in [2.75, 3.05) is 26.4 Å². The molecule has 0 aromatic carbocycles. The summed E-state index contributed by atoms with van der Waals surface area (Å²) in [5.74, 6) is -1.82. The first-order valence-electron chi connectivity index (χ1n) is 5.44. The van der Waals surface area contributed by atoms with Crippen LogP contribution in [0.2, 0.25) is 0 Å². The summed E-state index contributed by atoms with van der Waals surface area (Å²) in [5, 5.41) is 34.5. The second kappa shape index (κ2) is 9.77. The molecular formula is C10H18O8. The van der Waals surface area contributed by atoms with E-state index in [0.717, 1.165) is 0 Å². The Kier molecular flexibility index (Phi) is 9.11. The standard InChI is InChI=1S/C10H18O8/c11-5-7(13)9(15)17-3-1-2-4-18-10(16)8(14)6-12/h7-8,11-14H,1-6H2. The van der Waals surface area contributed by atoms with Gasteiger partial charge >= 0.3 is 11.9 Å². The normalized spacial score (nSPS) is 13.8. The van der Waals surface area contributed by atoms with E-state index in [-0.39, 0.29) is 13.2 Å². The maximum absolute atomic E-state index is 10.9. The topological polar surface area (TPSA) is 134 Å². The van der Waals surface area contributed by atoms with Crippen LogP contribution < -0.4 is 0 Å². The average molecular weight is 266 g/mol. The molecule has 0 heterocycles. The molecule has 0 saturated carbocycles. The molecule has 18 heavy (non-hydrogen) atoms. The molecule has 0 aliphatic rings. The lowest BCUT2D eigenvalue weighted by Gasteiger charge is -2.09. The van der Waals surface area contributed by atoms with E-state index in [1.165, 1.54) is 0 Å². The third kappa shape index (κ3) is 7.17. The van der Waals surface area contributed by atoms with Gasteiger partial charge < -0.3 is 29.9 Å². The van der Waals surface area contributed by atoms with Gasteiger partial charge in [0, 0.05) is 0 Å². The summed E-state index contributed by atoms with van der Waals surface area (Å²) in [4.78, 5) is 21.7. The number of rotatable bonds is 9. The average Bonchev–Trinajstić information content (AvgIpc) is 2.39. The molecule has 0 aliphatic heterocycles. The number of hydrogen-bond acceptors (Lipinski definition) is 8. The highest BCUT2D eigenvalue weighted by Gasteiger charge is 2.15. The summed E-state index contributed by atoms with van der Waals surface area (Å²) in [5.41, 5.74) is 0. The first-order valence-corrected chi connectivity index (χ1v) is 5.44. The number of ether oxygens (including phenoxy) is 2. The summed E-state index contributed by atoms with van der Waals surface area (Å²) in [7, 11) is 0. The van der Waals surface area contributed by atoms with Crippen LogP contribution >= 0.6 is 0 Å². The van der Waals surface area contributed by atoms with Crippen LogP contribution in [0.5, 0.6) is 0 Å². The monoisotopic (exact) mass is 266 g/mol. The Morgan fingerprint density at radius 2 is 1.17 bits per heavy atom. The fourth-order valence-electron chi connectivity index (χ4n) is 0.891. The van der Waals surface area contributed by atoms with E-state index in [2.05, 4.69) is 9.47 Å². The smallest absolute Gasteiger partial charge is 0.337 e. The molecule has 0 aliphatic carbocycles. The van der Waals surface area contributed by atoms with Gasteiger partial charge in [0.1, 0.15) is 0 Å². The van der Waals surface area contributed by atoms with Gasteiger partial charge in [-0.15, -0.1) is 0 Å². The Morgan fingerprint density at radius 1 is 0.833 bits per heavy atom. The van der Waals surface area contributed by atoms with E-state index in [9.17, 15) is 9.59 Å². The van der Waals surface area contributed by atoms with Crippen molar-refractivity contribution in [3.8, 4) is 0 Å². The van der Waals surface area contributed by atoms with E-state index in [4.69, 9.17) is 20.4 Å². The van der Waals surface area contributed by atoms with Crippen molar-refractivity contribution in [1.29, 1.82) is 0 Å². The summed E-state index contributed by atoms with van der Waals surface area (Å²) >= 11 is 0. The molecule has 0 aromatic rings. The van der Waals surface area contributed by atoms with Gasteiger partial charge in [-0.25, -0.2) is 9.59 Å². The molecule has 0 fully saturated rings. The fraction of sp³-hybridized carbons (Fsp3) is 0.800. The van der Waals surface area contributed by atoms with Gasteiger partial charge in [0.15, 0.2) is 12.2 Å². The first kappa shape index (κ1) is 16.8. The van der Waals surface area contributed by atoms with Crippen molar-refractivity contribution >= 4 is 11.9 Å². The van der Waals surface area contributed by atoms with E-state index in [1.54, 1.807) is 0 Å². The van der Waals surface area contributed by atoms with E-state index < -0.39 is 37.4 Å². The zero-order valence-electron chi connectivity index (χ0n) is 9.82. The number of hydrogen-bond donors (Lipinski definition) is 4. The van der Waals surface area contributed by atoms with Gasteiger partial charge in [-0.1, -0.05) is 0 Å². The number of aliphatic hydroxyl groups is 4. The zero-order valence-corrected chi connectivity index (χ0v) is 9.82. The van der Waals surface area contributed by atoms with Crippen molar-refractivity contribution in [1.82, 2.24) is 0 Å². The van der Waals surface area contributed by atoms with Crippen LogP contribution in [-0.2, 0) is 19.1 Å². The van der Waals surface area contributed by atoms with Crippen molar-refractivity contribution < 1.29 is 39.5 Å². The number of esters is 2. The van der Waals surface area contributed by atoms with Crippen molar-refractivity contribution in [2.45, 2.75) is 25.0 Å². The molecule has 0 spiro atoms. The van der Waals surface area contributed by atoms with Crippen LogP contribution in [0.1, 0.15) is 12.8 Å². The van der Waals surface area contributed by atoms with Gasteiger partial charge in [-0.2, -0.15) is 0 Å². The van der Waals surface area contributed by atoms with Gasteiger partial charge in [0.05, 0.1) is 26.4 Å². The zero-order chi connectivity index (χ0) is 14.0. The van der Waals surface area contributed by atoms with E-state index in [1.807, 2.05) is 0 Å². The molecule has 8 nitrogen and oxygen atoms in total. The summed E-state index contributed by atoms with van der Waals surface area (Å²) in [6.45, 7) is -1.35. The molecule has 0 aromatic heterocycles. The first-order chi connectivity index (χ1) is 8.52. The minimum Gasteiger partial charge on any atom is -0.464 e. The predicted octanol–water partition coefficient (Wildman–Crippen LogP) is -2.44. The lowest BCUT2D eigenvalue weighted by Crippen LogP contribution is -2.27.